The molecule has 2 heteroatoms. The van der Waals surface area contributed by atoms with E-state index in [1.165, 1.54) is 0 Å². The molecule has 51 valence electrons. The summed E-state index contributed by atoms with van der Waals surface area (Å²) in [5.74, 6) is 0. The van der Waals surface area contributed by atoms with Crippen LogP contribution in [-0.2, 0) is 9.47 Å². The Morgan fingerprint density at radius 3 is 3.22 bits per heavy atom. The molecule has 1 radical (unpaired) electrons. The molecule has 0 saturated carbocycles. The highest BCUT2D eigenvalue weighted by Gasteiger charge is 2.08. The zero-order valence-electron chi connectivity index (χ0n) is 5.38. The van der Waals surface area contributed by atoms with Gasteiger partial charge in [-0.3, -0.25) is 0 Å². The molecule has 1 aliphatic heterocycles. The maximum absolute atomic E-state index is 5.17. The van der Waals surface area contributed by atoms with Crippen LogP contribution in [0.3, 0.4) is 0 Å². The van der Waals surface area contributed by atoms with Crippen LogP contribution >= 0.6 is 0 Å². The molecule has 0 N–H and O–H groups in total. The SMILES string of the molecule is [CH2]OCC1CCC=CO1. The first-order chi connectivity index (χ1) is 4.43. The van der Waals surface area contributed by atoms with Crippen LogP contribution in [0.2, 0.25) is 0 Å². The summed E-state index contributed by atoms with van der Waals surface area (Å²) < 4.78 is 9.85. The fraction of sp³-hybridized carbons (Fsp3) is 0.571. The molecular weight excluding hydrogens is 116 g/mol. The van der Waals surface area contributed by atoms with Gasteiger partial charge < -0.3 is 9.47 Å². The van der Waals surface area contributed by atoms with E-state index in [1.807, 2.05) is 6.08 Å². The molecule has 1 rings (SSSR count). The van der Waals surface area contributed by atoms with Crippen molar-refractivity contribution in [1.29, 1.82) is 0 Å². The minimum absolute atomic E-state index is 0.229. The zero-order valence-corrected chi connectivity index (χ0v) is 5.38. The summed E-state index contributed by atoms with van der Waals surface area (Å²) in [5, 5.41) is 0. The Labute approximate surface area is 55.5 Å². The smallest absolute Gasteiger partial charge is 0.121 e. The van der Waals surface area contributed by atoms with Gasteiger partial charge >= 0.3 is 0 Å². The van der Waals surface area contributed by atoms with E-state index in [9.17, 15) is 0 Å². The van der Waals surface area contributed by atoms with Crippen molar-refractivity contribution in [2.24, 2.45) is 0 Å². The highest BCUT2D eigenvalue weighted by Crippen LogP contribution is 2.09. The maximum atomic E-state index is 5.17. The van der Waals surface area contributed by atoms with Crippen molar-refractivity contribution < 1.29 is 9.47 Å². The second kappa shape index (κ2) is 3.51. The van der Waals surface area contributed by atoms with Crippen molar-refractivity contribution in [3.63, 3.8) is 0 Å². The van der Waals surface area contributed by atoms with Gasteiger partial charge in [-0.15, -0.1) is 0 Å². The first-order valence-corrected chi connectivity index (χ1v) is 3.11. The Morgan fingerprint density at radius 1 is 1.78 bits per heavy atom. The van der Waals surface area contributed by atoms with E-state index in [2.05, 4.69) is 11.8 Å². The Morgan fingerprint density at radius 2 is 2.67 bits per heavy atom. The van der Waals surface area contributed by atoms with Crippen LogP contribution in [0.25, 0.3) is 0 Å². The predicted octanol–water partition coefficient (Wildman–Crippen LogP) is 1.49. The van der Waals surface area contributed by atoms with Gasteiger partial charge in [0.05, 0.1) is 20.0 Å². The summed E-state index contributed by atoms with van der Waals surface area (Å²) in [6.07, 6.45) is 6.11. The fourth-order valence-electron chi connectivity index (χ4n) is 0.839. The van der Waals surface area contributed by atoms with Gasteiger partial charge in [0.15, 0.2) is 0 Å². The summed E-state index contributed by atoms with van der Waals surface area (Å²) in [6, 6.07) is 0. The van der Waals surface area contributed by atoms with E-state index < -0.39 is 0 Å². The molecule has 1 atom stereocenters. The second-order valence-corrected chi connectivity index (χ2v) is 2.08. The standard InChI is InChI=1S/C7H11O2/c1-8-6-7-4-2-3-5-9-7/h3,5,7H,1-2,4,6H2. The van der Waals surface area contributed by atoms with Crippen molar-refractivity contribution in [2.45, 2.75) is 18.9 Å². The van der Waals surface area contributed by atoms with Crippen molar-refractivity contribution >= 4 is 0 Å². The lowest BCUT2D eigenvalue weighted by atomic mass is 10.2. The van der Waals surface area contributed by atoms with Crippen LogP contribution in [0.5, 0.6) is 0 Å². The van der Waals surface area contributed by atoms with E-state index in [0.717, 1.165) is 12.8 Å². The van der Waals surface area contributed by atoms with Gasteiger partial charge in [0.25, 0.3) is 0 Å². The molecule has 0 aromatic heterocycles. The summed E-state index contributed by atoms with van der Waals surface area (Å²) in [7, 11) is 3.28. The molecule has 0 amide bonds. The highest BCUT2D eigenvalue weighted by atomic mass is 16.5. The molecule has 1 heterocycles. The Kier molecular flexibility index (Phi) is 2.58. The third-order valence-electron chi connectivity index (χ3n) is 1.33. The second-order valence-electron chi connectivity index (χ2n) is 2.08. The Hall–Kier alpha value is -0.500. The van der Waals surface area contributed by atoms with Gasteiger partial charge in [0.1, 0.15) is 6.10 Å². The van der Waals surface area contributed by atoms with Crippen LogP contribution in [0, 0.1) is 7.11 Å². The van der Waals surface area contributed by atoms with Gasteiger partial charge in [-0.25, -0.2) is 0 Å². The highest BCUT2D eigenvalue weighted by molar-refractivity contribution is 4.81. The number of rotatable bonds is 2. The van der Waals surface area contributed by atoms with E-state index in [0.29, 0.717) is 6.61 Å². The van der Waals surface area contributed by atoms with Gasteiger partial charge in [-0.2, -0.15) is 0 Å². The molecule has 1 aliphatic rings. The molecule has 0 fully saturated rings. The Bertz CT molecular complexity index is 99.1. The molecule has 0 aliphatic carbocycles. The average Bonchev–Trinajstić information content (AvgIpc) is 1.91. The van der Waals surface area contributed by atoms with Crippen molar-refractivity contribution in [2.75, 3.05) is 6.61 Å². The van der Waals surface area contributed by atoms with Crippen LogP contribution < -0.4 is 0 Å². The minimum atomic E-state index is 0.229. The predicted molar refractivity (Wildman–Crippen MR) is 34.6 cm³/mol. The van der Waals surface area contributed by atoms with Gasteiger partial charge in [0.2, 0.25) is 0 Å². The van der Waals surface area contributed by atoms with E-state index in [-0.39, 0.29) is 6.10 Å². The van der Waals surface area contributed by atoms with Crippen molar-refractivity contribution in [3.8, 4) is 0 Å². The minimum Gasteiger partial charge on any atom is -0.496 e. The number of hydrogen-bond acceptors (Lipinski definition) is 2. The summed E-state index contributed by atoms with van der Waals surface area (Å²) in [4.78, 5) is 0. The first kappa shape index (κ1) is 6.62. The summed E-state index contributed by atoms with van der Waals surface area (Å²) >= 11 is 0. The third-order valence-corrected chi connectivity index (χ3v) is 1.33. The first-order valence-electron chi connectivity index (χ1n) is 3.11. The molecule has 0 bridgehead atoms. The lowest BCUT2D eigenvalue weighted by Crippen LogP contribution is -2.17. The monoisotopic (exact) mass is 127 g/mol. The molecule has 0 aromatic rings. The van der Waals surface area contributed by atoms with Crippen molar-refractivity contribution in [1.82, 2.24) is 0 Å². The molecule has 0 saturated heterocycles. The third kappa shape index (κ3) is 2.06. The van der Waals surface area contributed by atoms with Gasteiger partial charge in [-0.1, -0.05) is 0 Å². The zero-order chi connectivity index (χ0) is 6.53. The van der Waals surface area contributed by atoms with E-state index >= 15 is 0 Å². The fourth-order valence-corrected chi connectivity index (χ4v) is 0.839. The maximum Gasteiger partial charge on any atom is 0.121 e. The lowest BCUT2D eigenvalue weighted by Gasteiger charge is -2.17. The van der Waals surface area contributed by atoms with Crippen LogP contribution in [0.15, 0.2) is 12.3 Å². The van der Waals surface area contributed by atoms with E-state index in [1.54, 1.807) is 6.26 Å². The number of allylic oxidation sites excluding steroid dienone is 1. The largest absolute Gasteiger partial charge is 0.496 e. The Balaban J connectivity index is 2.18. The summed E-state index contributed by atoms with van der Waals surface area (Å²) in [5.41, 5.74) is 0. The van der Waals surface area contributed by atoms with Crippen molar-refractivity contribution in [3.05, 3.63) is 19.4 Å². The van der Waals surface area contributed by atoms with Gasteiger partial charge in [0, 0.05) is 0 Å². The van der Waals surface area contributed by atoms with Crippen LogP contribution in [0.1, 0.15) is 12.8 Å². The quantitative estimate of drug-likeness (QED) is 0.559. The average molecular weight is 127 g/mol. The molecule has 2 nitrogen and oxygen atoms in total. The van der Waals surface area contributed by atoms with Crippen LogP contribution in [-0.4, -0.2) is 12.7 Å². The van der Waals surface area contributed by atoms with Crippen LogP contribution in [0.4, 0.5) is 0 Å². The summed E-state index contributed by atoms with van der Waals surface area (Å²) in [6.45, 7) is 0.602. The molecular formula is C7H11O2. The topological polar surface area (TPSA) is 18.5 Å². The molecule has 0 spiro atoms. The van der Waals surface area contributed by atoms with E-state index in [4.69, 9.17) is 4.74 Å². The lowest BCUT2D eigenvalue weighted by molar-refractivity contribution is 0.0531. The normalized spacial score (nSPS) is 25.7. The number of ether oxygens (including phenoxy) is 2. The molecule has 9 heavy (non-hydrogen) atoms. The molecule has 1 unspecified atom stereocenters. The van der Waals surface area contributed by atoms with Gasteiger partial charge in [-0.05, 0) is 18.9 Å². The molecule has 0 aromatic carbocycles. The number of hydrogen-bond donors (Lipinski definition) is 0.